The van der Waals surface area contributed by atoms with E-state index in [0.717, 1.165) is 6.54 Å². The summed E-state index contributed by atoms with van der Waals surface area (Å²) < 4.78 is 0. The molecule has 4 nitrogen and oxygen atoms in total. The lowest BCUT2D eigenvalue weighted by molar-refractivity contribution is -0.147. The van der Waals surface area contributed by atoms with E-state index in [-0.39, 0.29) is 11.8 Å². The number of rotatable bonds is 3. The molecule has 1 heterocycles. The quantitative estimate of drug-likeness (QED) is 0.756. The fraction of sp³-hybridized carbons (Fsp3) is 0.818. The second-order valence-corrected chi connectivity index (χ2v) is 4.85. The van der Waals surface area contributed by atoms with E-state index in [4.69, 9.17) is 5.11 Å². The van der Waals surface area contributed by atoms with Gasteiger partial charge >= 0.3 is 5.97 Å². The first-order valence-corrected chi connectivity index (χ1v) is 5.58. The molecule has 4 heteroatoms. The molecule has 3 unspecified atom stereocenters. The Bertz CT molecular complexity index is 290. The number of carboxylic acid groups (broad SMARTS) is 1. The second-order valence-electron chi connectivity index (χ2n) is 4.85. The van der Waals surface area contributed by atoms with Crippen LogP contribution in [-0.4, -0.2) is 35.0 Å². The molecule has 1 saturated carbocycles. The molecule has 1 aliphatic carbocycles. The zero-order chi connectivity index (χ0) is 11.0. The maximum absolute atomic E-state index is 11.6. The molecule has 0 radical (unpaired) electrons. The zero-order valence-corrected chi connectivity index (χ0v) is 8.98. The molecule has 1 aliphatic heterocycles. The summed E-state index contributed by atoms with van der Waals surface area (Å²) in [6.07, 6.45) is 2.09. The SMILES string of the molecule is CC1CC1CN1CC(C(=O)O)CCC1=O. The fourth-order valence-corrected chi connectivity index (χ4v) is 2.23. The van der Waals surface area contributed by atoms with Crippen molar-refractivity contribution in [3.05, 3.63) is 0 Å². The molecule has 1 saturated heterocycles. The van der Waals surface area contributed by atoms with E-state index < -0.39 is 5.97 Å². The van der Waals surface area contributed by atoms with Crippen LogP contribution in [0.5, 0.6) is 0 Å². The van der Waals surface area contributed by atoms with Crippen molar-refractivity contribution in [2.45, 2.75) is 26.2 Å². The summed E-state index contributed by atoms with van der Waals surface area (Å²) in [6, 6.07) is 0. The number of carboxylic acids is 1. The molecular formula is C11H17NO3. The van der Waals surface area contributed by atoms with Gasteiger partial charge in [-0.05, 0) is 24.7 Å². The molecule has 1 N–H and O–H groups in total. The third-order valence-corrected chi connectivity index (χ3v) is 3.58. The van der Waals surface area contributed by atoms with Crippen LogP contribution in [-0.2, 0) is 9.59 Å². The molecule has 3 atom stereocenters. The average molecular weight is 211 g/mol. The van der Waals surface area contributed by atoms with Crippen molar-refractivity contribution in [3.63, 3.8) is 0 Å². The van der Waals surface area contributed by atoms with Crippen molar-refractivity contribution in [1.29, 1.82) is 0 Å². The van der Waals surface area contributed by atoms with Crippen molar-refractivity contribution in [2.24, 2.45) is 17.8 Å². The number of carbonyl (C=O) groups is 2. The van der Waals surface area contributed by atoms with E-state index in [1.165, 1.54) is 6.42 Å². The van der Waals surface area contributed by atoms with Gasteiger partial charge in [0.2, 0.25) is 5.91 Å². The number of hydrogen-bond donors (Lipinski definition) is 1. The summed E-state index contributed by atoms with van der Waals surface area (Å²) in [5, 5.41) is 8.91. The Labute approximate surface area is 89.3 Å². The monoisotopic (exact) mass is 211 g/mol. The summed E-state index contributed by atoms with van der Waals surface area (Å²) in [5.41, 5.74) is 0. The second kappa shape index (κ2) is 3.83. The summed E-state index contributed by atoms with van der Waals surface area (Å²) in [4.78, 5) is 24.1. The van der Waals surface area contributed by atoms with Gasteiger partial charge in [0.05, 0.1) is 5.92 Å². The van der Waals surface area contributed by atoms with E-state index in [9.17, 15) is 9.59 Å². The number of amides is 1. The van der Waals surface area contributed by atoms with Crippen molar-refractivity contribution < 1.29 is 14.7 Å². The zero-order valence-electron chi connectivity index (χ0n) is 8.98. The predicted molar refractivity (Wildman–Crippen MR) is 54.2 cm³/mol. The Balaban J connectivity index is 1.90. The lowest BCUT2D eigenvalue weighted by Crippen LogP contribution is -2.43. The maximum Gasteiger partial charge on any atom is 0.308 e. The van der Waals surface area contributed by atoms with E-state index in [1.54, 1.807) is 4.90 Å². The van der Waals surface area contributed by atoms with Crippen LogP contribution in [0.1, 0.15) is 26.2 Å². The van der Waals surface area contributed by atoms with Crippen molar-refractivity contribution >= 4 is 11.9 Å². The van der Waals surface area contributed by atoms with E-state index in [2.05, 4.69) is 6.92 Å². The molecule has 2 aliphatic rings. The van der Waals surface area contributed by atoms with Gasteiger partial charge in [-0.15, -0.1) is 0 Å². The summed E-state index contributed by atoms with van der Waals surface area (Å²) in [6.45, 7) is 3.36. The van der Waals surface area contributed by atoms with Gasteiger partial charge in [0.1, 0.15) is 0 Å². The van der Waals surface area contributed by atoms with E-state index in [0.29, 0.717) is 31.2 Å². The van der Waals surface area contributed by atoms with Gasteiger partial charge in [0, 0.05) is 19.5 Å². The molecule has 1 amide bonds. The van der Waals surface area contributed by atoms with Crippen LogP contribution < -0.4 is 0 Å². The fourth-order valence-electron chi connectivity index (χ4n) is 2.23. The maximum atomic E-state index is 11.6. The van der Waals surface area contributed by atoms with Gasteiger partial charge in [-0.25, -0.2) is 0 Å². The van der Waals surface area contributed by atoms with Crippen LogP contribution in [0.2, 0.25) is 0 Å². The first-order valence-electron chi connectivity index (χ1n) is 5.58. The Morgan fingerprint density at radius 1 is 1.60 bits per heavy atom. The van der Waals surface area contributed by atoms with E-state index in [1.807, 2.05) is 0 Å². The Kier molecular flexibility index (Phi) is 2.67. The molecule has 15 heavy (non-hydrogen) atoms. The molecule has 0 spiro atoms. The number of aliphatic carboxylic acids is 1. The minimum Gasteiger partial charge on any atom is -0.481 e. The first-order chi connectivity index (χ1) is 7.08. The Morgan fingerprint density at radius 3 is 2.80 bits per heavy atom. The van der Waals surface area contributed by atoms with Crippen LogP contribution >= 0.6 is 0 Å². The highest BCUT2D eigenvalue weighted by molar-refractivity contribution is 5.80. The average Bonchev–Trinajstić information content (AvgIpc) is 2.85. The molecule has 0 bridgehead atoms. The van der Waals surface area contributed by atoms with Crippen LogP contribution in [0.15, 0.2) is 0 Å². The number of hydrogen-bond acceptors (Lipinski definition) is 2. The van der Waals surface area contributed by atoms with Crippen LogP contribution in [0.3, 0.4) is 0 Å². The van der Waals surface area contributed by atoms with Crippen LogP contribution in [0.4, 0.5) is 0 Å². The van der Waals surface area contributed by atoms with Crippen LogP contribution in [0.25, 0.3) is 0 Å². The third-order valence-electron chi connectivity index (χ3n) is 3.58. The Morgan fingerprint density at radius 2 is 2.27 bits per heavy atom. The lowest BCUT2D eigenvalue weighted by Gasteiger charge is -2.30. The lowest BCUT2D eigenvalue weighted by atomic mass is 9.97. The van der Waals surface area contributed by atoms with Crippen molar-refractivity contribution in [2.75, 3.05) is 13.1 Å². The molecule has 2 fully saturated rings. The number of likely N-dealkylation sites (tertiary alicyclic amines) is 1. The van der Waals surface area contributed by atoms with Gasteiger partial charge in [0.25, 0.3) is 0 Å². The largest absolute Gasteiger partial charge is 0.481 e. The van der Waals surface area contributed by atoms with Gasteiger partial charge in [-0.2, -0.15) is 0 Å². The minimum absolute atomic E-state index is 0.131. The number of carbonyl (C=O) groups excluding carboxylic acids is 1. The minimum atomic E-state index is -0.767. The topological polar surface area (TPSA) is 57.6 Å². The van der Waals surface area contributed by atoms with Gasteiger partial charge < -0.3 is 10.0 Å². The normalized spacial score (nSPS) is 35.4. The molecule has 0 aromatic carbocycles. The van der Waals surface area contributed by atoms with Gasteiger partial charge in [0.15, 0.2) is 0 Å². The third kappa shape index (κ3) is 2.30. The highest BCUT2D eigenvalue weighted by Crippen LogP contribution is 2.38. The highest BCUT2D eigenvalue weighted by atomic mass is 16.4. The van der Waals surface area contributed by atoms with E-state index >= 15 is 0 Å². The predicted octanol–water partition coefficient (Wildman–Crippen LogP) is 0.966. The standard InChI is InChI=1S/C11H17NO3/c1-7-4-9(7)6-12-5-8(11(14)15)2-3-10(12)13/h7-9H,2-6H2,1H3,(H,14,15). The summed E-state index contributed by atoms with van der Waals surface area (Å²) >= 11 is 0. The summed E-state index contributed by atoms with van der Waals surface area (Å²) in [7, 11) is 0. The highest BCUT2D eigenvalue weighted by Gasteiger charge is 2.38. The van der Waals surface area contributed by atoms with Crippen LogP contribution in [0, 0.1) is 17.8 Å². The molecule has 2 rings (SSSR count). The molecule has 0 aromatic rings. The Hall–Kier alpha value is -1.06. The molecule has 84 valence electrons. The van der Waals surface area contributed by atoms with Gasteiger partial charge in [-0.3, -0.25) is 9.59 Å². The summed E-state index contributed by atoms with van der Waals surface area (Å²) in [5.74, 6) is 0.337. The smallest absolute Gasteiger partial charge is 0.308 e. The van der Waals surface area contributed by atoms with Gasteiger partial charge in [-0.1, -0.05) is 6.92 Å². The number of piperidine rings is 1. The van der Waals surface area contributed by atoms with Crippen molar-refractivity contribution in [1.82, 2.24) is 4.90 Å². The molecule has 0 aromatic heterocycles. The van der Waals surface area contributed by atoms with Crippen molar-refractivity contribution in [3.8, 4) is 0 Å². The number of nitrogens with zero attached hydrogens (tertiary/aromatic N) is 1. The molecular weight excluding hydrogens is 194 g/mol. The first kappa shape index (κ1) is 10.5.